The number of nitrogens with one attached hydrogen (secondary N) is 1. The molecule has 0 radical (unpaired) electrons. The summed E-state index contributed by atoms with van der Waals surface area (Å²) in [5, 5.41) is 3.43. The van der Waals surface area contributed by atoms with E-state index >= 15 is 0 Å². The minimum atomic E-state index is -0.257. The van der Waals surface area contributed by atoms with Crippen molar-refractivity contribution < 1.29 is 9.53 Å². The fourth-order valence-electron chi connectivity index (χ4n) is 3.53. The van der Waals surface area contributed by atoms with Crippen molar-refractivity contribution in [2.45, 2.75) is 39.5 Å². The van der Waals surface area contributed by atoms with Crippen LogP contribution >= 0.6 is 0 Å². The number of carbonyl (C=O) groups is 1. The maximum atomic E-state index is 12.8. The molecule has 1 N–H and O–H groups in total. The van der Waals surface area contributed by atoms with Crippen molar-refractivity contribution >= 4 is 5.91 Å². The third-order valence-electron chi connectivity index (χ3n) is 5.09. The quantitative estimate of drug-likeness (QED) is 0.856. The summed E-state index contributed by atoms with van der Waals surface area (Å²) >= 11 is 0. The maximum absolute atomic E-state index is 12.8. The lowest BCUT2D eigenvalue weighted by Crippen LogP contribution is -2.49. The van der Waals surface area contributed by atoms with Gasteiger partial charge < -0.3 is 15.0 Å². The average molecular weight is 282 g/mol. The third kappa shape index (κ3) is 3.73. The van der Waals surface area contributed by atoms with Gasteiger partial charge in [-0.15, -0.1) is 0 Å². The van der Waals surface area contributed by atoms with E-state index in [2.05, 4.69) is 19.2 Å². The van der Waals surface area contributed by atoms with Crippen LogP contribution in [0.25, 0.3) is 0 Å². The van der Waals surface area contributed by atoms with Gasteiger partial charge in [-0.05, 0) is 50.6 Å². The molecule has 4 nitrogen and oxygen atoms in total. The molecular formula is C16H30N2O2. The predicted molar refractivity (Wildman–Crippen MR) is 80.6 cm³/mol. The molecule has 20 heavy (non-hydrogen) atoms. The molecular weight excluding hydrogens is 252 g/mol. The zero-order chi connectivity index (χ0) is 14.6. The van der Waals surface area contributed by atoms with E-state index in [0.29, 0.717) is 17.7 Å². The molecule has 116 valence electrons. The van der Waals surface area contributed by atoms with Crippen molar-refractivity contribution in [3.05, 3.63) is 0 Å². The fourth-order valence-corrected chi connectivity index (χ4v) is 3.53. The van der Waals surface area contributed by atoms with E-state index < -0.39 is 0 Å². The molecule has 2 aliphatic heterocycles. The zero-order valence-electron chi connectivity index (χ0n) is 13.3. The smallest absolute Gasteiger partial charge is 0.228 e. The van der Waals surface area contributed by atoms with Gasteiger partial charge in [-0.1, -0.05) is 13.8 Å². The van der Waals surface area contributed by atoms with Gasteiger partial charge in [0.15, 0.2) is 0 Å². The second kappa shape index (κ2) is 6.90. The molecule has 1 amide bonds. The lowest BCUT2D eigenvalue weighted by molar-refractivity contribution is -0.143. The third-order valence-corrected chi connectivity index (χ3v) is 5.09. The highest BCUT2D eigenvalue weighted by molar-refractivity contribution is 5.82. The Hall–Kier alpha value is -0.610. The minimum Gasteiger partial charge on any atom is -0.381 e. The summed E-state index contributed by atoms with van der Waals surface area (Å²) in [5.41, 5.74) is -0.257. The number of hydrogen-bond acceptors (Lipinski definition) is 3. The zero-order valence-corrected chi connectivity index (χ0v) is 13.3. The van der Waals surface area contributed by atoms with Crippen LogP contribution in [-0.4, -0.2) is 50.7 Å². The number of ether oxygens (including phenoxy) is 1. The maximum Gasteiger partial charge on any atom is 0.228 e. The highest BCUT2D eigenvalue weighted by Gasteiger charge is 2.39. The van der Waals surface area contributed by atoms with Gasteiger partial charge in [0.2, 0.25) is 5.91 Å². The molecule has 4 heteroatoms. The topological polar surface area (TPSA) is 41.6 Å². The molecule has 1 unspecified atom stereocenters. The second-order valence-corrected chi connectivity index (χ2v) is 7.01. The monoisotopic (exact) mass is 282 g/mol. The van der Waals surface area contributed by atoms with E-state index in [9.17, 15) is 4.79 Å². The van der Waals surface area contributed by atoms with Gasteiger partial charge >= 0.3 is 0 Å². The predicted octanol–water partition coefficient (Wildman–Crippen LogP) is 1.90. The van der Waals surface area contributed by atoms with Gasteiger partial charge in [-0.25, -0.2) is 0 Å². The van der Waals surface area contributed by atoms with Crippen LogP contribution < -0.4 is 5.32 Å². The molecule has 0 aromatic heterocycles. The lowest BCUT2D eigenvalue weighted by Gasteiger charge is -2.39. The van der Waals surface area contributed by atoms with E-state index in [-0.39, 0.29) is 5.41 Å². The van der Waals surface area contributed by atoms with Crippen LogP contribution in [0.3, 0.4) is 0 Å². The molecule has 2 saturated heterocycles. The Labute approximate surface area is 123 Å². The first kappa shape index (κ1) is 15.8. The Kier molecular flexibility index (Phi) is 5.44. The first-order valence-electron chi connectivity index (χ1n) is 8.06. The first-order chi connectivity index (χ1) is 9.51. The Balaban J connectivity index is 1.90. The summed E-state index contributed by atoms with van der Waals surface area (Å²) in [5.74, 6) is 1.37. The van der Waals surface area contributed by atoms with Gasteiger partial charge in [0.05, 0.1) is 0 Å². The van der Waals surface area contributed by atoms with Crippen molar-refractivity contribution in [3.63, 3.8) is 0 Å². The van der Waals surface area contributed by atoms with Gasteiger partial charge in [0.1, 0.15) is 0 Å². The number of amides is 1. The van der Waals surface area contributed by atoms with Crippen LogP contribution in [0.15, 0.2) is 0 Å². The summed E-state index contributed by atoms with van der Waals surface area (Å²) in [7, 11) is 1.97. The van der Waals surface area contributed by atoms with Gasteiger partial charge in [0.25, 0.3) is 0 Å². The molecule has 0 aliphatic carbocycles. The van der Waals surface area contributed by atoms with Crippen LogP contribution in [0, 0.1) is 17.3 Å². The number of hydrogen-bond donors (Lipinski definition) is 1. The SMILES string of the molecule is CN(CC1CCOCC1)C(=O)C(C)(C)C1CCCNC1. The average Bonchev–Trinajstić information content (AvgIpc) is 2.48. The summed E-state index contributed by atoms with van der Waals surface area (Å²) in [4.78, 5) is 14.8. The van der Waals surface area contributed by atoms with Crippen molar-refractivity contribution in [1.29, 1.82) is 0 Å². The number of rotatable bonds is 4. The van der Waals surface area contributed by atoms with Crippen molar-refractivity contribution in [2.75, 3.05) is 39.9 Å². The molecule has 1 atom stereocenters. The molecule has 0 bridgehead atoms. The fraction of sp³-hybridized carbons (Fsp3) is 0.938. The summed E-state index contributed by atoms with van der Waals surface area (Å²) in [6.45, 7) is 8.89. The van der Waals surface area contributed by atoms with Crippen molar-refractivity contribution in [1.82, 2.24) is 10.2 Å². The van der Waals surface area contributed by atoms with Crippen LogP contribution in [-0.2, 0) is 9.53 Å². The van der Waals surface area contributed by atoms with E-state index in [1.165, 1.54) is 6.42 Å². The molecule has 2 rings (SSSR count). The van der Waals surface area contributed by atoms with Crippen molar-refractivity contribution in [2.24, 2.45) is 17.3 Å². The second-order valence-electron chi connectivity index (χ2n) is 7.01. The standard InChI is InChI=1S/C16H30N2O2/c1-16(2,14-5-4-8-17-11-14)15(19)18(3)12-13-6-9-20-10-7-13/h13-14,17H,4-12H2,1-3H3. The van der Waals surface area contributed by atoms with Crippen LogP contribution in [0.1, 0.15) is 39.5 Å². The Bertz CT molecular complexity index is 318. The van der Waals surface area contributed by atoms with Gasteiger partial charge in [-0.3, -0.25) is 4.79 Å². The van der Waals surface area contributed by atoms with Gasteiger partial charge in [-0.2, -0.15) is 0 Å². The highest BCUT2D eigenvalue weighted by Crippen LogP contribution is 2.33. The molecule has 0 aromatic carbocycles. The van der Waals surface area contributed by atoms with E-state index in [0.717, 1.165) is 52.1 Å². The summed E-state index contributed by atoms with van der Waals surface area (Å²) < 4.78 is 5.39. The van der Waals surface area contributed by atoms with E-state index in [1.54, 1.807) is 0 Å². The van der Waals surface area contributed by atoms with Crippen molar-refractivity contribution in [3.8, 4) is 0 Å². The summed E-state index contributed by atoms with van der Waals surface area (Å²) in [6.07, 6.45) is 4.52. The molecule has 0 saturated carbocycles. The van der Waals surface area contributed by atoms with Crippen LogP contribution in [0.4, 0.5) is 0 Å². The number of carbonyl (C=O) groups excluding carboxylic acids is 1. The Morgan fingerprint density at radius 2 is 2.00 bits per heavy atom. The molecule has 0 aromatic rings. The van der Waals surface area contributed by atoms with E-state index in [1.807, 2.05) is 11.9 Å². The lowest BCUT2D eigenvalue weighted by atomic mass is 9.74. The molecule has 2 heterocycles. The van der Waals surface area contributed by atoms with E-state index in [4.69, 9.17) is 4.74 Å². The highest BCUT2D eigenvalue weighted by atomic mass is 16.5. The first-order valence-corrected chi connectivity index (χ1v) is 8.06. The van der Waals surface area contributed by atoms with Crippen LogP contribution in [0.5, 0.6) is 0 Å². The summed E-state index contributed by atoms with van der Waals surface area (Å²) in [6, 6.07) is 0. The molecule has 0 spiro atoms. The molecule has 2 fully saturated rings. The Morgan fingerprint density at radius 3 is 2.60 bits per heavy atom. The number of nitrogens with zero attached hydrogens (tertiary/aromatic N) is 1. The molecule has 2 aliphatic rings. The normalized spacial score (nSPS) is 25.4. The number of piperidine rings is 1. The largest absolute Gasteiger partial charge is 0.381 e. The van der Waals surface area contributed by atoms with Crippen LogP contribution in [0.2, 0.25) is 0 Å². The minimum absolute atomic E-state index is 0.257. The Morgan fingerprint density at radius 1 is 1.30 bits per heavy atom. The van der Waals surface area contributed by atoms with Gasteiger partial charge in [0, 0.05) is 32.2 Å².